The molecule has 3 fully saturated rings. The lowest BCUT2D eigenvalue weighted by atomic mass is 9.95. The van der Waals surface area contributed by atoms with E-state index in [1.807, 2.05) is 23.7 Å². The van der Waals surface area contributed by atoms with Crippen LogP contribution in [0.15, 0.2) is 4.99 Å². The van der Waals surface area contributed by atoms with Crippen molar-refractivity contribution in [1.82, 2.24) is 15.1 Å². The second-order valence-electron chi connectivity index (χ2n) is 7.60. The molecule has 1 N–H and O–H groups in total. The zero-order valence-electron chi connectivity index (χ0n) is 17.2. The molecule has 0 aromatic carbocycles. The summed E-state index contributed by atoms with van der Waals surface area (Å²) in [6.45, 7) is 7.19. The highest BCUT2D eigenvalue weighted by molar-refractivity contribution is 14.0. The van der Waals surface area contributed by atoms with Crippen LogP contribution in [-0.4, -0.2) is 98.9 Å². The minimum absolute atomic E-state index is 0. The highest BCUT2D eigenvalue weighted by Gasteiger charge is 2.34. The van der Waals surface area contributed by atoms with Gasteiger partial charge in [-0.05, 0) is 31.9 Å². The summed E-state index contributed by atoms with van der Waals surface area (Å²) < 4.78 is 11.1. The second kappa shape index (κ2) is 11.8. The number of likely N-dealkylation sites (tertiary alicyclic amines) is 1. The second-order valence-corrected chi connectivity index (χ2v) is 8.87. The van der Waals surface area contributed by atoms with Crippen molar-refractivity contribution in [3.63, 3.8) is 0 Å². The number of morpholine rings is 1. The Morgan fingerprint density at radius 1 is 1.07 bits per heavy atom. The Morgan fingerprint density at radius 3 is 2.25 bits per heavy atom. The van der Waals surface area contributed by atoms with Gasteiger partial charge < -0.3 is 24.6 Å². The first-order chi connectivity index (χ1) is 13.2. The average molecular weight is 526 g/mol. The van der Waals surface area contributed by atoms with Crippen LogP contribution in [0.1, 0.15) is 25.7 Å². The summed E-state index contributed by atoms with van der Waals surface area (Å²) in [4.78, 5) is 21.5. The number of guanidine groups is 1. The van der Waals surface area contributed by atoms with Crippen molar-refractivity contribution in [2.24, 2.45) is 10.9 Å². The molecule has 3 heterocycles. The predicted octanol–water partition coefficient (Wildman–Crippen LogP) is 1.66. The van der Waals surface area contributed by atoms with Gasteiger partial charge in [0.25, 0.3) is 0 Å². The number of nitrogens with zero attached hydrogens (tertiary/aromatic N) is 3. The van der Waals surface area contributed by atoms with E-state index in [0.717, 1.165) is 77.6 Å². The van der Waals surface area contributed by atoms with Crippen molar-refractivity contribution in [3.8, 4) is 0 Å². The fraction of sp³-hybridized carbons (Fsp3) is 0.895. The summed E-state index contributed by atoms with van der Waals surface area (Å²) in [6, 6.07) is 0. The van der Waals surface area contributed by atoms with Crippen LogP contribution in [0.5, 0.6) is 0 Å². The molecule has 3 aliphatic rings. The number of thioether (sulfide) groups is 1. The van der Waals surface area contributed by atoms with E-state index in [9.17, 15) is 4.79 Å². The highest BCUT2D eigenvalue weighted by atomic mass is 127. The molecule has 0 radical (unpaired) electrons. The van der Waals surface area contributed by atoms with E-state index in [4.69, 9.17) is 9.47 Å². The van der Waals surface area contributed by atoms with Gasteiger partial charge in [0.2, 0.25) is 5.91 Å². The number of hydrogen-bond donors (Lipinski definition) is 1. The van der Waals surface area contributed by atoms with Crippen LogP contribution in [0.2, 0.25) is 0 Å². The standard InChI is InChI=1S/C19H34N4O3S.HI/c1-20-18(21-15-19(27-2)5-11-25-12-6-19)23-7-3-16(4-8-23)17(24)22-9-13-26-14-10-22;/h16H,3-15H2,1-2H3,(H,20,21);1H. The largest absolute Gasteiger partial charge is 0.381 e. The zero-order valence-corrected chi connectivity index (χ0v) is 20.3. The van der Waals surface area contributed by atoms with Crippen molar-refractivity contribution in [2.45, 2.75) is 30.4 Å². The van der Waals surface area contributed by atoms with Crippen molar-refractivity contribution >= 4 is 47.6 Å². The van der Waals surface area contributed by atoms with Crippen molar-refractivity contribution in [2.75, 3.05) is 72.5 Å². The van der Waals surface area contributed by atoms with E-state index >= 15 is 0 Å². The summed E-state index contributed by atoms with van der Waals surface area (Å²) in [5.41, 5.74) is 0. The molecule has 3 aliphatic heterocycles. The van der Waals surface area contributed by atoms with Crippen LogP contribution in [0.3, 0.4) is 0 Å². The summed E-state index contributed by atoms with van der Waals surface area (Å²) in [7, 11) is 1.85. The van der Waals surface area contributed by atoms with E-state index in [1.165, 1.54) is 0 Å². The average Bonchev–Trinajstić information content (AvgIpc) is 2.75. The summed E-state index contributed by atoms with van der Waals surface area (Å²) >= 11 is 1.94. The van der Waals surface area contributed by atoms with Crippen molar-refractivity contribution in [3.05, 3.63) is 0 Å². The normalized spacial score (nSPS) is 23.9. The van der Waals surface area contributed by atoms with Crippen molar-refractivity contribution in [1.29, 1.82) is 0 Å². The Hall–Kier alpha value is -0.260. The maximum atomic E-state index is 12.7. The van der Waals surface area contributed by atoms with Gasteiger partial charge in [-0.3, -0.25) is 9.79 Å². The third-order valence-corrected chi connectivity index (χ3v) is 7.50. The lowest BCUT2D eigenvalue weighted by Crippen LogP contribution is -2.52. The molecule has 3 rings (SSSR count). The van der Waals surface area contributed by atoms with E-state index in [-0.39, 0.29) is 34.6 Å². The van der Waals surface area contributed by atoms with E-state index < -0.39 is 0 Å². The monoisotopic (exact) mass is 526 g/mol. The number of amides is 1. The van der Waals surface area contributed by atoms with Gasteiger partial charge >= 0.3 is 0 Å². The first kappa shape index (κ1) is 24.0. The topological polar surface area (TPSA) is 66.4 Å². The number of nitrogens with one attached hydrogen (secondary N) is 1. The molecule has 0 spiro atoms. The van der Waals surface area contributed by atoms with E-state index in [1.54, 1.807) is 0 Å². The molecule has 0 aromatic rings. The first-order valence-corrected chi connectivity index (χ1v) is 11.3. The van der Waals surface area contributed by atoms with E-state index in [0.29, 0.717) is 19.1 Å². The fourth-order valence-electron chi connectivity index (χ4n) is 4.15. The molecule has 7 nitrogen and oxygen atoms in total. The van der Waals surface area contributed by atoms with Gasteiger partial charge in [-0.15, -0.1) is 24.0 Å². The molecule has 0 aliphatic carbocycles. The Morgan fingerprint density at radius 2 is 1.68 bits per heavy atom. The number of carbonyl (C=O) groups is 1. The van der Waals surface area contributed by atoms with Crippen molar-refractivity contribution < 1.29 is 14.3 Å². The molecule has 0 aromatic heterocycles. The molecular weight excluding hydrogens is 491 g/mol. The van der Waals surface area contributed by atoms with Gasteiger partial charge in [-0.2, -0.15) is 11.8 Å². The van der Waals surface area contributed by atoms with Crippen LogP contribution >= 0.6 is 35.7 Å². The lowest BCUT2D eigenvalue weighted by Gasteiger charge is -2.39. The SMILES string of the molecule is CN=C(NCC1(SC)CCOCC1)N1CCC(C(=O)N2CCOCC2)CC1.I. The molecule has 162 valence electrons. The summed E-state index contributed by atoms with van der Waals surface area (Å²) in [6.07, 6.45) is 6.15. The van der Waals surface area contributed by atoms with Gasteiger partial charge in [0, 0.05) is 63.7 Å². The Kier molecular flexibility index (Phi) is 10.1. The predicted molar refractivity (Wildman–Crippen MR) is 125 cm³/mol. The van der Waals surface area contributed by atoms with Gasteiger partial charge in [-0.25, -0.2) is 0 Å². The fourth-order valence-corrected chi connectivity index (χ4v) is 4.94. The Labute approximate surface area is 190 Å². The van der Waals surface area contributed by atoms with Crippen LogP contribution < -0.4 is 5.32 Å². The van der Waals surface area contributed by atoms with Gasteiger partial charge in [-0.1, -0.05) is 0 Å². The number of ether oxygens (including phenoxy) is 2. The van der Waals surface area contributed by atoms with E-state index in [2.05, 4.69) is 21.5 Å². The molecule has 0 saturated carbocycles. The maximum Gasteiger partial charge on any atom is 0.225 e. The Bertz CT molecular complexity index is 517. The molecule has 1 amide bonds. The minimum atomic E-state index is 0. The first-order valence-electron chi connectivity index (χ1n) is 10.1. The third-order valence-electron chi connectivity index (χ3n) is 6.08. The number of halogens is 1. The highest BCUT2D eigenvalue weighted by Crippen LogP contribution is 2.33. The molecule has 0 atom stereocenters. The Balaban J connectivity index is 0.00000280. The van der Waals surface area contributed by atoms with Crippen LogP contribution in [0, 0.1) is 5.92 Å². The number of hydrogen-bond acceptors (Lipinski definition) is 5. The van der Waals surface area contributed by atoms with Crippen LogP contribution in [-0.2, 0) is 14.3 Å². The third kappa shape index (κ3) is 6.12. The quantitative estimate of drug-likeness (QED) is 0.342. The zero-order chi connectivity index (χ0) is 19.1. The van der Waals surface area contributed by atoms with Gasteiger partial charge in [0.15, 0.2) is 5.96 Å². The number of rotatable bonds is 4. The van der Waals surface area contributed by atoms with Crippen LogP contribution in [0.25, 0.3) is 0 Å². The number of carbonyl (C=O) groups excluding carboxylic acids is 1. The minimum Gasteiger partial charge on any atom is -0.381 e. The van der Waals surface area contributed by atoms with Crippen LogP contribution in [0.4, 0.5) is 0 Å². The molecular formula is C19H35IN4O3S. The molecule has 28 heavy (non-hydrogen) atoms. The molecule has 9 heteroatoms. The maximum absolute atomic E-state index is 12.7. The number of aliphatic imine (C=N–C) groups is 1. The molecule has 0 bridgehead atoms. The summed E-state index contributed by atoms with van der Waals surface area (Å²) in [5.74, 6) is 1.42. The number of piperidine rings is 1. The smallest absolute Gasteiger partial charge is 0.225 e. The molecule has 0 unspecified atom stereocenters. The molecule has 3 saturated heterocycles. The van der Waals surface area contributed by atoms with Gasteiger partial charge in [0.05, 0.1) is 13.2 Å². The van der Waals surface area contributed by atoms with Gasteiger partial charge in [0.1, 0.15) is 0 Å². The summed E-state index contributed by atoms with van der Waals surface area (Å²) in [5, 5.41) is 3.60. The lowest BCUT2D eigenvalue weighted by molar-refractivity contribution is -0.140.